The molecule has 0 aromatic carbocycles. The van der Waals surface area contributed by atoms with Crippen molar-refractivity contribution in [3.05, 3.63) is 34.3 Å². The Labute approximate surface area is 97.7 Å². The van der Waals surface area contributed by atoms with E-state index in [2.05, 4.69) is 9.97 Å². The Morgan fingerprint density at radius 1 is 1.38 bits per heavy atom. The van der Waals surface area contributed by atoms with Gasteiger partial charge in [0.25, 0.3) is 6.43 Å². The van der Waals surface area contributed by atoms with Crippen molar-refractivity contribution in [1.29, 1.82) is 0 Å². The predicted octanol–water partition coefficient (Wildman–Crippen LogP) is 3.94. The average molecular weight is 265 g/mol. The van der Waals surface area contributed by atoms with E-state index in [1.165, 1.54) is 11.6 Å². The van der Waals surface area contributed by atoms with Crippen molar-refractivity contribution in [2.24, 2.45) is 0 Å². The van der Waals surface area contributed by atoms with Gasteiger partial charge in [-0.15, -0.1) is 11.3 Å². The molecule has 0 bridgehead atoms. The number of nitrogens with zero attached hydrogens (tertiary/aromatic N) is 2. The number of hydrogen-bond donors (Lipinski definition) is 0. The molecule has 0 radical (unpaired) electrons. The van der Waals surface area contributed by atoms with E-state index in [1.54, 1.807) is 0 Å². The van der Waals surface area contributed by atoms with Crippen LogP contribution in [0.4, 0.5) is 13.2 Å². The molecule has 0 spiro atoms. The maximum Gasteiger partial charge on any atom is 0.281 e. The van der Waals surface area contributed by atoms with Gasteiger partial charge in [-0.25, -0.2) is 23.1 Å². The van der Waals surface area contributed by atoms with E-state index in [1.807, 2.05) is 0 Å². The minimum absolute atomic E-state index is 0.00638. The molecule has 2 heterocycles. The van der Waals surface area contributed by atoms with E-state index >= 15 is 0 Å². The van der Waals surface area contributed by atoms with Gasteiger partial charge in [-0.1, -0.05) is 11.6 Å². The lowest BCUT2D eigenvalue weighted by Crippen LogP contribution is -1.88. The number of halogens is 4. The monoisotopic (exact) mass is 264 g/mol. The molecule has 2 nitrogen and oxygen atoms in total. The molecule has 0 N–H and O–H groups in total. The Morgan fingerprint density at radius 3 is 2.69 bits per heavy atom. The summed E-state index contributed by atoms with van der Waals surface area (Å²) in [4.78, 5) is 7.29. The van der Waals surface area contributed by atoms with Crippen molar-refractivity contribution >= 4 is 22.9 Å². The Kier molecular flexibility index (Phi) is 3.11. The molecule has 7 heteroatoms. The highest BCUT2D eigenvalue weighted by molar-refractivity contribution is 7.13. The molecule has 0 saturated heterocycles. The fourth-order valence-corrected chi connectivity index (χ4v) is 2.04. The highest BCUT2D eigenvalue weighted by Gasteiger charge is 2.15. The van der Waals surface area contributed by atoms with Crippen molar-refractivity contribution in [3.8, 4) is 10.6 Å². The minimum Gasteiger partial charge on any atom is -0.244 e. The van der Waals surface area contributed by atoms with Crippen molar-refractivity contribution in [3.63, 3.8) is 0 Å². The van der Waals surface area contributed by atoms with Gasteiger partial charge >= 0.3 is 0 Å². The molecule has 84 valence electrons. The first-order chi connectivity index (χ1) is 7.58. The lowest BCUT2D eigenvalue weighted by molar-refractivity contribution is 0.147. The van der Waals surface area contributed by atoms with Crippen LogP contribution in [0.25, 0.3) is 10.6 Å². The Bertz CT molecular complexity index is 515. The zero-order valence-electron chi connectivity index (χ0n) is 7.62. The first kappa shape index (κ1) is 11.3. The van der Waals surface area contributed by atoms with Gasteiger partial charge in [-0.2, -0.15) is 0 Å². The van der Waals surface area contributed by atoms with E-state index in [0.717, 1.165) is 17.4 Å². The van der Waals surface area contributed by atoms with E-state index < -0.39 is 12.2 Å². The Balaban J connectivity index is 2.42. The SMILES string of the molecule is Fc1cc(Cl)ncc1-c1nc(C(F)F)cs1. The van der Waals surface area contributed by atoms with Crippen LogP contribution in [-0.2, 0) is 0 Å². The second kappa shape index (κ2) is 4.39. The third kappa shape index (κ3) is 2.17. The van der Waals surface area contributed by atoms with Crippen LogP contribution in [0.3, 0.4) is 0 Å². The van der Waals surface area contributed by atoms with Gasteiger partial charge in [0.15, 0.2) is 0 Å². The molecule has 0 fully saturated rings. The quantitative estimate of drug-likeness (QED) is 0.768. The average Bonchev–Trinajstić information content (AvgIpc) is 2.66. The van der Waals surface area contributed by atoms with Gasteiger partial charge in [0.2, 0.25) is 0 Å². The van der Waals surface area contributed by atoms with Crippen molar-refractivity contribution in [1.82, 2.24) is 9.97 Å². The van der Waals surface area contributed by atoms with Crippen LogP contribution in [0.5, 0.6) is 0 Å². The molecular formula is C9H4ClF3N2S. The largest absolute Gasteiger partial charge is 0.281 e. The van der Waals surface area contributed by atoms with Crippen LogP contribution in [0, 0.1) is 5.82 Å². The predicted molar refractivity (Wildman–Crippen MR) is 55.3 cm³/mol. The third-order valence-corrected chi connectivity index (χ3v) is 2.90. The van der Waals surface area contributed by atoms with Crippen molar-refractivity contribution in [2.75, 3.05) is 0 Å². The minimum atomic E-state index is -2.66. The van der Waals surface area contributed by atoms with Crippen LogP contribution in [0.15, 0.2) is 17.6 Å². The maximum atomic E-state index is 13.4. The van der Waals surface area contributed by atoms with Gasteiger partial charge in [0, 0.05) is 17.6 Å². The second-order valence-electron chi connectivity index (χ2n) is 2.87. The molecule has 0 atom stereocenters. The summed E-state index contributed by atoms with van der Waals surface area (Å²) in [6.07, 6.45) is -1.49. The van der Waals surface area contributed by atoms with Gasteiger partial charge < -0.3 is 0 Å². The number of hydrogen-bond acceptors (Lipinski definition) is 3. The molecule has 0 aliphatic rings. The number of aromatic nitrogens is 2. The fourth-order valence-electron chi connectivity index (χ4n) is 1.07. The topological polar surface area (TPSA) is 25.8 Å². The van der Waals surface area contributed by atoms with Crippen molar-refractivity contribution in [2.45, 2.75) is 6.43 Å². The zero-order chi connectivity index (χ0) is 11.7. The summed E-state index contributed by atoms with van der Waals surface area (Å²) in [7, 11) is 0. The lowest BCUT2D eigenvalue weighted by Gasteiger charge is -1.98. The van der Waals surface area contributed by atoms with E-state index in [-0.39, 0.29) is 21.4 Å². The summed E-state index contributed by atoms with van der Waals surface area (Å²) in [5, 5.41) is 1.36. The van der Waals surface area contributed by atoms with Gasteiger partial charge in [-0.05, 0) is 0 Å². The Hall–Kier alpha value is -1.14. The molecule has 2 aromatic heterocycles. The summed E-state index contributed by atoms with van der Waals surface area (Å²) < 4.78 is 38.0. The molecular weight excluding hydrogens is 261 g/mol. The van der Waals surface area contributed by atoms with Crippen LogP contribution in [0.2, 0.25) is 5.15 Å². The zero-order valence-corrected chi connectivity index (χ0v) is 9.20. The van der Waals surface area contributed by atoms with Gasteiger partial charge in [-0.3, -0.25) is 0 Å². The van der Waals surface area contributed by atoms with Gasteiger partial charge in [0.05, 0.1) is 5.56 Å². The smallest absolute Gasteiger partial charge is 0.244 e. The highest BCUT2D eigenvalue weighted by Crippen LogP contribution is 2.29. The third-order valence-electron chi connectivity index (χ3n) is 1.80. The molecule has 2 rings (SSSR count). The summed E-state index contributed by atoms with van der Waals surface area (Å²) in [6, 6.07) is 1.01. The van der Waals surface area contributed by atoms with Crippen LogP contribution >= 0.6 is 22.9 Å². The normalized spacial score (nSPS) is 11.1. The summed E-state index contributed by atoms with van der Waals surface area (Å²) in [5.41, 5.74) is -0.296. The number of alkyl halides is 2. The number of thiazole rings is 1. The molecule has 0 aliphatic carbocycles. The highest BCUT2D eigenvalue weighted by atomic mass is 35.5. The Morgan fingerprint density at radius 2 is 2.12 bits per heavy atom. The molecule has 16 heavy (non-hydrogen) atoms. The van der Waals surface area contributed by atoms with Crippen LogP contribution in [0.1, 0.15) is 12.1 Å². The molecule has 0 saturated carbocycles. The van der Waals surface area contributed by atoms with Crippen LogP contribution in [-0.4, -0.2) is 9.97 Å². The first-order valence-electron chi connectivity index (χ1n) is 4.13. The van der Waals surface area contributed by atoms with Crippen molar-refractivity contribution < 1.29 is 13.2 Å². The summed E-state index contributed by atoms with van der Waals surface area (Å²) in [5.74, 6) is -0.629. The summed E-state index contributed by atoms with van der Waals surface area (Å²) in [6.45, 7) is 0. The lowest BCUT2D eigenvalue weighted by atomic mass is 10.3. The van der Waals surface area contributed by atoms with E-state index in [0.29, 0.717) is 0 Å². The molecule has 0 amide bonds. The van der Waals surface area contributed by atoms with E-state index in [9.17, 15) is 13.2 Å². The number of pyridine rings is 1. The second-order valence-corrected chi connectivity index (χ2v) is 4.11. The number of rotatable bonds is 2. The maximum absolute atomic E-state index is 13.4. The first-order valence-corrected chi connectivity index (χ1v) is 5.38. The standard InChI is InChI=1S/C9H4ClF3N2S/c10-7-1-5(11)4(2-14-7)9-15-6(3-16-9)8(12)13/h1-3,8H. The molecule has 2 aromatic rings. The molecule has 0 unspecified atom stereocenters. The fraction of sp³-hybridized carbons (Fsp3) is 0.111. The van der Waals surface area contributed by atoms with Crippen LogP contribution < -0.4 is 0 Å². The van der Waals surface area contributed by atoms with Gasteiger partial charge in [0.1, 0.15) is 21.7 Å². The molecule has 0 aliphatic heterocycles. The van der Waals surface area contributed by atoms with E-state index in [4.69, 9.17) is 11.6 Å². The summed E-state index contributed by atoms with van der Waals surface area (Å²) >= 11 is 6.41.